The van der Waals surface area contributed by atoms with Gasteiger partial charge in [0.15, 0.2) is 0 Å². The van der Waals surface area contributed by atoms with E-state index in [1.54, 1.807) is 0 Å². The highest BCUT2D eigenvalue weighted by Gasteiger charge is 2.34. The van der Waals surface area contributed by atoms with Gasteiger partial charge in [-0.15, -0.1) is 0 Å². The summed E-state index contributed by atoms with van der Waals surface area (Å²) in [5.41, 5.74) is 0.810. The second-order valence-corrected chi connectivity index (χ2v) is 7.92. The molecule has 0 radical (unpaired) electrons. The zero-order valence-electron chi connectivity index (χ0n) is 13.8. The Labute approximate surface area is 149 Å². The van der Waals surface area contributed by atoms with Gasteiger partial charge in [-0.3, -0.25) is 14.4 Å². The lowest BCUT2D eigenvalue weighted by atomic mass is 9.96. The van der Waals surface area contributed by atoms with Gasteiger partial charge in [0.05, 0.1) is 23.9 Å². The van der Waals surface area contributed by atoms with Crippen molar-refractivity contribution >= 4 is 15.9 Å². The minimum atomic E-state index is -4.29. The van der Waals surface area contributed by atoms with Gasteiger partial charge < -0.3 is 0 Å². The van der Waals surface area contributed by atoms with E-state index < -0.39 is 40.3 Å². The maximum absolute atomic E-state index is 12.4. The Hall–Kier alpha value is -2.12. The molecule has 1 saturated heterocycles. The fourth-order valence-corrected chi connectivity index (χ4v) is 3.95. The number of amides is 1. The van der Waals surface area contributed by atoms with E-state index in [9.17, 15) is 26.4 Å². The van der Waals surface area contributed by atoms with Crippen LogP contribution >= 0.6 is 0 Å². The second kappa shape index (κ2) is 8.05. The number of carbonyl (C=O) groups excluding carboxylic acids is 1. The Morgan fingerprint density at radius 3 is 2.31 bits per heavy atom. The van der Waals surface area contributed by atoms with Crippen LogP contribution in [0.25, 0.3) is 0 Å². The van der Waals surface area contributed by atoms with Gasteiger partial charge in [0.2, 0.25) is 15.9 Å². The van der Waals surface area contributed by atoms with E-state index in [1.807, 2.05) is 10.8 Å². The summed E-state index contributed by atoms with van der Waals surface area (Å²) < 4.78 is 63.3. The molecule has 0 unspecified atom stereocenters. The number of nitrogens with zero attached hydrogens (tertiary/aromatic N) is 2. The molecule has 0 aromatic heterocycles. The quantitative estimate of drug-likeness (QED) is 0.829. The zero-order chi connectivity index (χ0) is 19.4. The number of nitrogens with one attached hydrogen (secondary N) is 1. The van der Waals surface area contributed by atoms with Crippen molar-refractivity contribution in [1.82, 2.24) is 9.62 Å². The minimum Gasteiger partial charge on any atom is -0.295 e. The van der Waals surface area contributed by atoms with Gasteiger partial charge in [-0.1, -0.05) is 12.1 Å². The Balaban J connectivity index is 1.87. The number of benzene rings is 1. The number of piperidine rings is 1. The molecule has 1 aliphatic rings. The van der Waals surface area contributed by atoms with Crippen molar-refractivity contribution in [3.8, 4) is 6.07 Å². The van der Waals surface area contributed by atoms with Crippen LogP contribution in [-0.2, 0) is 20.6 Å². The smallest absolute Gasteiger partial charge is 0.295 e. The molecule has 10 heteroatoms. The van der Waals surface area contributed by atoms with Gasteiger partial charge in [0, 0.05) is 5.92 Å². The van der Waals surface area contributed by atoms with Gasteiger partial charge in [-0.05, 0) is 43.6 Å². The molecule has 2 rings (SSSR count). The first-order valence-electron chi connectivity index (χ1n) is 7.90. The first kappa shape index (κ1) is 20.2. The summed E-state index contributed by atoms with van der Waals surface area (Å²) in [6, 6.07) is 7.83. The van der Waals surface area contributed by atoms with Crippen molar-refractivity contribution in [3.05, 3.63) is 35.4 Å². The SMILES string of the molecule is N#Cc1ccc(CS(=O)(=O)NC(=O)C2CCN(CC(F)(F)F)CC2)cc1. The number of alkyl halides is 3. The van der Waals surface area contributed by atoms with Crippen molar-refractivity contribution in [2.45, 2.75) is 24.8 Å². The largest absolute Gasteiger partial charge is 0.401 e. The molecule has 1 aromatic carbocycles. The summed E-state index contributed by atoms with van der Waals surface area (Å²) in [5, 5.41) is 8.71. The van der Waals surface area contributed by atoms with E-state index in [0.29, 0.717) is 11.1 Å². The first-order chi connectivity index (χ1) is 12.1. The number of likely N-dealkylation sites (tertiary alicyclic amines) is 1. The average Bonchev–Trinajstić information content (AvgIpc) is 2.54. The number of halogens is 3. The number of nitriles is 1. The van der Waals surface area contributed by atoms with E-state index in [4.69, 9.17) is 5.26 Å². The normalized spacial score (nSPS) is 16.8. The van der Waals surface area contributed by atoms with Crippen molar-refractivity contribution in [3.63, 3.8) is 0 Å². The van der Waals surface area contributed by atoms with Crippen molar-refractivity contribution in [2.24, 2.45) is 5.92 Å². The summed E-state index contributed by atoms with van der Waals surface area (Å²) >= 11 is 0. The molecule has 1 amide bonds. The molecule has 1 N–H and O–H groups in total. The van der Waals surface area contributed by atoms with Crippen LogP contribution in [0.4, 0.5) is 13.2 Å². The Morgan fingerprint density at radius 2 is 1.81 bits per heavy atom. The highest BCUT2D eigenvalue weighted by molar-refractivity contribution is 7.89. The topological polar surface area (TPSA) is 90.3 Å². The molecular formula is C16H18F3N3O3S. The summed E-state index contributed by atoms with van der Waals surface area (Å²) in [5.74, 6) is -1.74. The third-order valence-electron chi connectivity index (χ3n) is 4.06. The molecule has 142 valence electrons. The third-order valence-corrected chi connectivity index (χ3v) is 5.28. The van der Waals surface area contributed by atoms with Crippen LogP contribution in [0.15, 0.2) is 24.3 Å². The van der Waals surface area contributed by atoms with Crippen molar-refractivity contribution in [1.29, 1.82) is 5.26 Å². The standard InChI is InChI=1S/C16H18F3N3O3S/c17-16(18,19)11-22-7-5-14(6-8-22)15(23)21-26(24,25)10-13-3-1-12(9-20)2-4-13/h1-4,14H,5-8,10-11H2,(H,21,23). The number of rotatable bonds is 5. The van der Waals surface area contributed by atoms with Crippen LogP contribution in [0.5, 0.6) is 0 Å². The fraction of sp³-hybridized carbons (Fsp3) is 0.500. The molecule has 1 heterocycles. The van der Waals surface area contributed by atoms with E-state index >= 15 is 0 Å². The molecule has 6 nitrogen and oxygen atoms in total. The van der Waals surface area contributed by atoms with Gasteiger partial charge in [0.25, 0.3) is 0 Å². The molecule has 1 aromatic rings. The molecule has 0 saturated carbocycles. The van der Waals surface area contributed by atoms with Crippen LogP contribution in [0.1, 0.15) is 24.0 Å². The predicted molar refractivity (Wildman–Crippen MR) is 87.1 cm³/mol. The van der Waals surface area contributed by atoms with Crippen LogP contribution < -0.4 is 4.72 Å². The lowest BCUT2D eigenvalue weighted by molar-refractivity contribution is -0.149. The molecule has 26 heavy (non-hydrogen) atoms. The molecule has 1 aliphatic heterocycles. The molecular weight excluding hydrogens is 371 g/mol. The highest BCUT2D eigenvalue weighted by Crippen LogP contribution is 2.23. The van der Waals surface area contributed by atoms with Crippen LogP contribution in [0.2, 0.25) is 0 Å². The zero-order valence-corrected chi connectivity index (χ0v) is 14.6. The summed E-state index contributed by atoms with van der Waals surface area (Å²) in [7, 11) is -3.92. The maximum atomic E-state index is 12.4. The summed E-state index contributed by atoms with van der Waals surface area (Å²) in [4.78, 5) is 13.3. The molecule has 0 bridgehead atoms. The maximum Gasteiger partial charge on any atom is 0.401 e. The fourth-order valence-electron chi connectivity index (χ4n) is 2.77. The van der Waals surface area contributed by atoms with Gasteiger partial charge in [-0.2, -0.15) is 18.4 Å². The lowest BCUT2D eigenvalue weighted by Gasteiger charge is -2.31. The van der Waals surface area contributed by atoms with E-state index in [-0.39, 0.29) is 25.9 Å². The van der Waals surface area contributed by atoms with Gasteiger partial charge >= 0.3 is 6.18 Å². The van der Waals surface area contributed by atoms with Gasteiger partial charge in [0.1, 0.15) is 0 Å². The van der Waals surface area contributed by atoms with E-state index in [2.05, 4.69) is 0 Å². The molecule has 0 aliphatic carbocycles. The van der Waals surface area contributed by atoms with Crippen LogP contribution in [0, 0.1) is 17.2 Å². The number of sulfonamides is 1. The Kier molecular flexibility index (Phi) is 6.26. The molecule has 0 spiro atoms. The predicted octanol–water partition coefficient (Wildman–Crippen LogP) is 1.78. The Morgan fingerprint density at radius 1 is 1.23 bits per heavy atom. The average molecular weight is 389 g/mol. The minimum absolute atomic E-state index is 0.0905. The Bertz CT molecular complexity index is 778. The lowest BCUT2D eigenvalue weighted by Crippen LogP contribution is -2.45. The van der Waals surface area contributed by atoms with Crippen molar-refractivity contribution in [2.75, 3.05) is 19.6 Å². The number of hydrogen-bond donors (Lipinski definition) is 1. The monoisotopic (exact) mass is 389 g/mol. The first-order valence-corrected chi connectivity index (χ1v) is 9.56. The van der Waals surface area contributed by atoms with Crippen LogP contribution in [-0.4, -0.2) is 45.0 Å². The van der Waals surface area contributed by atoms with E-state index in [1.165, 1.54) is 29.2 Å². The second-order valence-electron chi connectivity index (χ2n) is 6.20. The third kappa shape index (κ3) is 6.31. The van der Waals surface area contributed by atoms with Gasteiger partial charge in [-0.25, -0.2) is 8.42 Å². The van der Waals surface area contributed by atoms with Crippen LogP contribution in [0.3, 0.4) is 0 Å². The van der Waals surface area contributed by atoms with E-state index in [0.717, 1.165) is 0 Å². The number of carbonyl (C=O) groups is 1. The highest BCUT2D eigenvalue weighted by atomic mass is 32.2. The van der Waals surface area contributed by atoms with Crippen molar-refractivity contribution < 1.29 is 26.4 Å². The summed E-state index contributed by atoms with van der Waals surface area (Å²) in [6.07, 6.45) is -3.94. The summed E-state index contributed by atoms with van der Waals surface area (Å²) in [6.45, 7) is -0.848. The molecule has 1 fully saturated rings. The molecule has 0 atom stereocenters. The number of hydrogen-bond acceptors (Lipinski definition) is 5.